The molecule has 0 amide bonds. The fraction of sp³-hybridized carbons (Fsp3) is 0.611. The number of rotatable bonds is 3. The normalized spacial score (nSPS) is 33.4. The van der Waals surface area contributed by atoms with E-state index in [9.17, 15) is 4.79 Å². The number of fused-ring (bicyclic) bond motifs is 1. The maximum absolute atomic E-state index is 12.8. The summed E-state index contributed by atoms with van der Waals surface area (Å²) in [5, 5.41) is 0. The first-order valence-electron chi connectivity index (χ1n) is 7.99. The van der Waals surface area contributed by atoms with Crippen LogP contribution in [0.2, 0.25) is 0 Å². The number of benzene rings is 1. The van der Waals surface area contributed by atoms with Gasteiger partial charge in [-0.15, -0.1) is 0 Å². The van der Waals surface area contributed by atoms with E-state index < -0.39 is 0 Å². The van der Waals surface area contributed by atoms with E-state index in [1.165, 1.54) is 50.5 Å². The molecule has 0 N–H and O–H groups in total. The van der Waals surface area contributed by atoms with E-state index in [-0.39, 0.29) is 0 Å². The van der Waals surface area contributed by atoms with Crippen LogP contribution in [0, 0.1) is 17.8 Å². The summed E-state index contributed by atoms with van der Waals surface area (Å²) in [6, 6.07) is 8.43. The van der Waals surface area contributed by atoms with Crippen molar-refractivity contribution in [2.75, 3.05) is 0 Å². The van der Waals surface area contributed by atoms with Crippen LogP contribution in [0.15, 0.2) is 24.3 Å². The zero-order valence-corrected chi connectivity index (χ0v) is 11.5. The van der Waals surface area contributed by atoms with Gasteiger partial charge in [0.1, 0.15) is 0 Å². The summed E-state index contributed by atoms with van der Waals surface area (Å²) in [6.07, 6.45) is 9.18. The van der Waals surface area contributed by atoms with Gasteiger partial charge >= 0.3 is 0 Å². The highest BCUT2D eigenvalue weighted by atomic mass is 16.1. The van der Waals surface area contributed by atoms with Crippen molar-refractivity contribution >= 4 is 5.78 Å². The molecule has 2 atom stereocenters. The molecule has 1 nitrogen and oxygen atoms in total. The van der Waals surface area contributed by atoms with Crippen LogP contribution < -0.4 is 0 Å². The van der Waals surface area contributed by atoms with Crippen molar-refractivity contribution in [3.05, 3.63) is 35.4 Å². The molecule has 3 saturated carbocycles. The smallest absolute Gasteiger partial charge is 0.166 e. The van der Waals surface area contributed by atoms with Gasteiger partial charge in [-0.05, 0) is 49.0 Å². The Morgan fingerprint density at radius 1 is 0.895 bits per heavy atom. The molecule has 3 aliphatic rings. The van der Waals surface area contributed by atoms with E-state index in [0.717, 1.165) is 17.4 Å². The second kappa shape index (κ2) is 4.47. The zero-order valence-electron chi connectivity index (χ0n) is 11.5. The van der Waals surface area contributed by atoms with Crippen LogP contribution in [-0.2, 0) is 0 Å². The standard InChI is InChI=1S/C18H22O/c19-18(17-14-9-2-3-10-15(14)17)16-11-4-1-8-13(16)12-6-5-7-12/h1,4,8,11-12,14-15,17H,2-3,5-7,9-10H2. The fourth-order valence-electron chi connectivity index (χ4n) is 4.36. The minimum atomic E-state index is 0.378. The summed E-state index contributed by atoms with van der Waals surface area (Å²) >= 11 is 0. The second-order valence-corrected chi connectivity index (χ2v) is 6.72. The minimum Gasteiger partial charge on any atom is -0.294 e. The van der Waals surface area contributed by atoms with Crippen molar-refractivity contribution in [2.24, 2.45) is 17.8 Å². The summed E-state index contributed by atoms with van der Waals surface area (Å²) in [7, 11) is 0. The van der Waals surface area contributed by atoms with Crippen LogP contribution in [0.4, 0.5) is 0 Å². The minimum absolute atomic E-state index is 0.378. The van der Waals surface area contributed by atoms with Gasteiger partial charge in [0.15, 0.2) is 5.78 Å². The molecule has 0 aromatic heterocycles. The fourth-order valence-corrected chi connectivity index (χ4v) is 4.36. The Hall–Kier alpha value is -1.11. The molecule has 0 saturated heterocycles. The predicted octanol–water partition coefficient (Wildman–Crippen LogP) is 4.57. The van der Waals surface area contributed by atoms with Gasteiger partial charge in [-0.2, -0.15) is 0 Å². The third-order valence-electron chi connectivity index (χ3n) is 5.73. The number of hydrogen-bond acceptors (Lipinski definition) is 1. The lowest BCUT2D eigenvalue weighted by molar-refractivity contribution is 0.0954. The lowest BCUT2D eigenvalue weighted by Gasteiger charge is -2.27. The Morgan fingerprint density at radius 3 is 2.21 bits per heavy atom. The molecule has 0 spiro atoms. The first-order chi connectivity index (χ1) is 9.36. The molecule has 0 heterocycles. The Labute approximate surface area is 115 Å². The van der Waals surface area contributed by atoms with Gasteiger partial charge in [-0.3, -0.25) is 4.79 Å². The highest BCUT2D eigenvalue weighted by Crippen LogP contribution is 2.57. The molecule has 1 heteroatoms. The summed E-state index contributed by atoms with van der Waals surface area (Å²) < 4.78 is 0. The van der Waals surface area contributed by atoms with E-state index in [4.69, 9.17) is 0 Å². The molecule has 3 aliphatic carbocycles. The average molecular weight is 254 g/mol. The summed E-state index contributed by atoms with van der Waals surface area (Å²) in [6.45, 7) is 0. The lowest BCUT2D eigenvalue weighted by Crippen LogP contribution is -2.15. The lowest BCUT2D eigenvalue weighted by atomic mass is 9.77. The molecular formula is C18H22O. The number of hydrogen-bond donors (Lipinski definition) is 0. The van der Waals surface area contributed by atoms with Crippen molar-refractivity contribution in [3.63, 3.8) is 0 Å². The van der Waals surface area contributed by atoms with E-state index in [0.29, 0.717) is 17.6 Å². The molecule has 0 radical (unpaired) electrons. The molecule has 1 aromatic rings. The Bertz CT molecular complexity index is 488. The van der Waals surface area contributed by atoms with Crippen LogP contribution in [0.5, 0.6) is 0 Å². The predicted molar refractivity (Wildman–Crippen MR) is 76.3 cm³/mol. The second-order valence-electron chi connectivity index (χ2n) is 6.72. The molecule has 100 valence electrons. The molecule has 0 aliphatic heterocycles. The Kier molecular flexibility index (Phi) is 2.75. The highest BCUT2D eigenvalue weighted by Gasteiger charge is 2.54. The maximum atomic E-state index is 12.8. The largest absolute Gasteiger partial charge is 0.294 e. The van der Waals surface area contributed by atoms with Gasteiger partial charge in [0.2, 0.25) is 0 Å². The quantitative estimate of drug-likeness (QED) is 0.722. The number of carbonyl (C=O) groups excluding carboxylic acids is 1. The maximum Gasteiger partial charge on any atom is 0.166 e. The van der Waals surface area contributed by atoms with Crippen LogP contribution in [0.1, 0.15) is 66.8 Å². The molecular weight excluding hydrogens is 232 g/mol. The molecule has 1 aromatic carbocycles. The van der Waals surface area contributed by atoms with Gasteiger partial charge in [0.05, 0.1) is 0 Å². The SMILES string of the molecule is O=C(c1ccccc1C1CCC1)C1C2CCCCC21. The first kappa shape index (κ1) is 11.7. The topological polar surface area (TPSA) is 17.1 Å². The number of Topliss-reactive ketones (excluding diaryl/α,β-unsaturated/α-hetero) is 1. The van der Waals surface area contributed by atoms with Crippen LogP contribution in [-0.4, -0.2) is 5.78 Å². The van der Waals surface area contributed by atoms with Gasteiger partial charge < -0.3 is 0 Å². The van der Waals surface area contributed by atoms with E-state index >= 15 is 0 Å². The molecule has 4 rings (SSSR count). The zero-order chi connectivity index (χ0) is 12.8. The van der Waals surface area contributed by atoms with Crippen molar-refractivity contribution in [3.8, 4) is 0 Å². The van der Waals surface area contributed by atoms with E-state index in [1.54, 1.807) is 0 Å². The van der Waals surface area contributed by atoms with Crippen LogP contribution >= 0.6 is 0 Å². The van der Waals surface area contributed by atoms with Crippen molar-refractivity contribution in [1.82, 2.24) is 0 Å². The molecule has 3 fully saturated rings. The number of carbonyl (C=O) groups is 1. The Morgan fingerprint density at radius 2 is 1.58 bits per heavy atom. The third-order valence-corrected chi connectivity index (χ3v) is 5.73. The Balaban J connectivity index is 1.60. The average Bonchev–Trinajstić information content (AvgIpc) is 3.11. The molecule has 2 unspecified atom stereocenters. The van der Waals surface area contributed by atoms with E-state index in [1.807, 2.05) is 6.07 Å². The monoisotopic (exact) mass is 254 g/mol. The van der Waals surface area contributed by atoms with Crippen LogP contribution in [0.25, 0.3) is 0 Å². The highest BCUT2D eigenvalue weighted by molar-refractivity contribution is 6.01. The summed E-state index contributed by atoms with van der Waals surface area (Å²) in [5.41, 5.74) is 2.41. The van der Waals surface area contributed by atoms with Gasteiger partial charge in [-0.1, -0.05) is 43.5 Å². The van der Waals surface area contributed by atoms with Gasteiger partial charge in [-0.25, -0.2) is 0 Å². The van der Waals surface area contributed by atoms with E-state index in [2.05, 4.69) is 18.2 Å². The summed E-state index contributed by atoms with van der Waals surface area (Å²) in [4.78, 5) is 12.8. The van der Waals surface area contributed by atoms with Crippen molar-refractivity contribution < 1.29 is 4.79 Å². The number of ketones is 1. The first-order valence-corrected chi connectivity index (χ1v) is 7.99. The van der Waals surface area contributed by atoms with Crippen LogP contribution in [0.3, 0.4) is 0 Å². The van der Waals surface area contributed by atoms with Gasteiger partial charge in [0.25, 0.3) is 0 Å². The third kappa shape index (κ3) is 1.86. The molecule has 0 bridgehead atoms. The van der Waals surface area contributed by atoms with Crippen molar-refractivity contribution in [1.29, 1.82) is 0 Å². The van der Waals surface area contributed by atoms with Gasteiger partial charge in [0, 0.05) is 11.5 Å². The summed E-state index contributed by atoms with van der Waals surface area (Å²) in [5.74, 6) is 2.98. The van der Waals surface area contributed by atoms with Crippen molar-refractivity contribution in [2.45, 2.75) is 50.9 Å². The molecule has 19 heavy (non-hydrogen) atoms.